The average Bonchev–Trinajstić information content (AvgIpc) is 2.32. The summed E-state index contributed by atoms with van der Waals surface area (Å²) in [5.41, 5.74) is -0.856. The highest BCUT2D eigenvalue weighted by Crippen LogP contribution is 2.28. The Labute approximate surface area is 109 Å². The topological polar surface area (TPSA) is 66.5 Å². The zero-order valence-corrected chi connectivity index (χ0v) is 10.8. The summed E-state index contributed by atoms with van der Waals surface area (Å²) >= 11 is 0. The molecule has 1 heterocycles. The molecule has 0 unspecified atom stereocenters. The molecule has 19 heavy (non-hydrogen) atoms. The lowest BCUT2D eigenvalue weighted by Gasteiger charge is -2.34. The predicted molar refractivity (Wildman–Crippen MR) is 65.9 cm³/mol. The number of rotatable bonds is 1. The van der Waals surface area contributed by atoms with Gasteiger partial charge in [0.1, 0.15) is 11.2 Å². The molecule has 0 atom stereocenters. The summed E-state index contributed by atoms with van der Waals surface area (Å²) < 4.78 is 13.5. The lowest BCUT2D eigenvalue weighted by Crippen LogP contribution is -2.62. The minimum absolute atomic E-state index is 0.103. The second-order valence-corrected chi connectivity index (χ2v) is 4.96. The standard InChI is InChI=1S/C13H13FN2O3/c1-7-4-5-8(6-9(7)14)16-11(18)13(2,3)10(17)15-12(16)19/h4-6H,1-3H3,(H,15,17,19). The van der Waals surface area contributed by atoms with Gasteiger partial charge in [0.05, 0.1) is 5.69 Å². The Hall–Kier alpha value is -2.24. The summed E-state index contributed by atoms with van der Waals surface area (Å²) in [7, 11) is 0. The van der Waals surface area contributed by atoms with E-state index in [1.807, 2.05) is 0 Å². The number of halogens is 1. The van der Waals surface area contributed by atoms with E-state index >= 15 is 0 Å². The Kier molecular flexibility index (Phi) is 2.88. The average molecular weight is 264 g/mol. The van der Waals surface area contributed by atoms with Crippen LogP contribution in [0.25, 0.3) is 0 Å². The van der Waals surface area contributed by atoms with Crippen LogP contribution >= 0.6 is 0 Å². The van der Waals surface area contributed by atoms with Crippen LogP contribution in [0.4, 0.5) is 14.9 Å². The summed E-state index contributed by atoms with van der Waals surface area (Å²) in [6.45, 7) is 4.40. The van der Waals surface area contributed by atoms with Crippen LogP contribution in [0.5, 0.6) is 0 Å². The molecule has 100 valence electrons. The first-order chi connectivity index (χ1) is 8.75. The van der Waals surface area contributed by atoms with E-state index in [-0.39, 0.29) is 5.69 Å². The van der Waals surface area contributed by atoms with Gasteiger partial charge in [0.15, 0.2) is 0 Å². The van der Waals surface area contributed by atoms with Crippen molar-refractivity contribution in [1.29, 1.82) is 0 Å². The van der Waals surface area contributed by atoms with Gasteiger partial charge in [-0.25, -0.2) is 14.1 Å². The van der Waals surface area contributed by atoms with Gasteiger partial charge in [0, 0.05) is 0 Å². The number of anilines is 1. The number of urea groups is 1. The summed E-state index contributed by atoms with van der Waals surface area (Å²) in [6.07, 6.45) is 0. The minimum atomic E-state index is -1.37. The quantitative estimate of drug-likeness (QED) is 0.786. The van der Waals surface area contributed by atoms with E-state index in [1.54, 1.807) is 6.92 Å². The van der Waals surface area contributed by atoms with E-state index in [1.165, 1.54) is 26.0 Å². The number of amides is 4. The van der Waals surface area contributed by atoms with Crippen molar-refractivity contribution in [2.75, 3.05) is 4.90 Å². The highest BCUT2D eigenvalue weighted by Gasteiger charge is 2.47. The fourth-order valence-electron chi connectivity index (χ4n) is 1.73. The van der Waals surface area contributed by atoms with Crippen molar-refractivity contribution >= 4 is 23.5 Å². The number of aryl methyl sites for hydroxylation is 1. The van der Waals surface area contributed by atoms with Crippen molar-refractivity contribution < 1.29 is 18.8 Å². The lowest BCUT2D eigenvalue weighted by molar-refractivity contribution is -0.140. The zero-order chi connectivity index (χ0) is 14.4. The Morgan fingerprint density at radius 3 is 2.42 bits per heavy atom. The molecular weight excluding hydrogens is 251 g/mol. The monoisotopic (exact) mass is 264 g/mol. The van der Waals surface area contributed by atoms with E-state index in [0.717, 1.165) is 11.0 Å². The number of barbiturate groups is 1. The van der Waals surface area contributed by atoms with E-state index < -0.39 is 29.1 Å². The highest BCUT2D eigenvalue weighted by atomic mass is 19.1. The molecule has 1 aromatic carbocycles. The Morgan fingerprint density at radius 1 is 1.21 bits per heavy atom. The molecule has 1 N–H and O–H groups in total. The number of hydrogen-bond donors (Lipinski definition) is 1. The van der Waals surface area contributed by atoms with Gasteiger partial charge in [0.2, 0.25) is 11.8 Å². The molecule has 1 fully saturated rings. The van der Waals surface area contributed by atoms with Crippen LogP contribution in [-0.4, -0.2) is 17.8 Å². The molecule has 0 saturated carbocycles. The maximum absolute atomic E-state index is 13.5. The van der Waals surface area contributed by atoms with Gasteiger partial charge in [-0.3, -0.25) is 14.9 Å². The number of carbonyl (C=O) groups excluding carboxylic acids is 3. The fraction of sp³-hybridized carbons (Fsp3) is 0.308. The number of benzene rings is 1. The maximum Gasteiger partial charge on any atom is 0.335 e. The van der Waals surface area contributed by atoms with Gasteiger partial charge in [0.25, 0.3) is 0 Å². The van der Waals surface area contributed by atoms with E-state index in [0.29, 0.717) is 5.56 Å². The van der Waals surface area contributed by atoms with Crippen molar-refractivity contribution in [3.63, 3.8) is 0 Å². The Morgan fingerprint density at radius 2 is 1.84 bits per heavy atom. The third-order valence-corrected chi connectivity index (χ3v) is 3.14. The second kappa shape index (κ2) is 4.15. The first kappa shape index (κ1) is 13.2. The van der Waals surface area contributed by atoms with Crippen LogP contribution in [0, 0.1) is 18.2 Å². The molecule has 4 amide bonds. The van der Waals surface area contributed by atoms with Gasteiger partial charge >= 0.3 is 6.03 Å². The molecule has 0 spiro atoms. The molecule has 1 aromatic rings. The van der Waals surface area contributed by atoms with Crippen LogP contribution in [0.15, 0.2) is 18.2 Å². The van der Waals surface area contributed by atoms with Crippen LogP contribution in [0.1, 0.15) is 19.4 Å². The SMILES string of the molecule is Cc1ccc(N2C(=O)NC(=O)C(C)(C)C2=O)cc1F. The third kappa shape index (κ3) is 1.99. The number of carbonyl (C=O) groups is 3. The molecule has 0 bridgehead atoms. The second-order valence-electron chi connectivity index (χ2n) is 4.96. The predicted octanol–water partition coefficient (Wildman–Crippen LogP) is 1.74. The van der Waals surface area contributed by atoms with E-state index in [9.17, 15) is 18.8 Å². The number of nitrogens with zero attached hydrogens (tertiary/aromatic N) is 1. The van der Waals surface area contributed by atoms with Crippen LogP contribution in [0.2, 0.25) is 0 Å². The van der Waals surface area contributed by atoms with Gasteiger partial charge in [-0.15, -0.1) is 0 Å². The molecule has 2 rings (SSSR count). The first-order valence-electron chi connectivity index (χ1n) is 5.71. The molecular formula is C13H13FN2O3. The Balaban J connectivity index is 2.48. The summed E-state index contributed by atoms with van der Waals surface area (Å²) in [4.78, 5) is 36.3. The molecule has 0 aliphatic carbocycles. The molecule has 6 heteroatoms. The summed E-state index contributed by atoms with van der Waals surface area (Å²) in [6, 6.07) is 3.16. The smallest absolute Gasteiger partial charge is 0.276 e. The lowest BCUT2D eigenvalue weighted by atomic mass is 9.88. The van der Waals surface area contributed by atoms with Gasteiger partial charge < -0.3 is 0 Å². The Bertz CT molecular complexity index is 596. The third-order valence-electron chi connectivity index (χ3n) is 3.14. The van der Waals surface area contributed by atoms with Crippen LogP contribution in [-0.2, 0) is 9.59 Å². The highest BCUT2D eigenvalue weighted by molar-refractivity contribution is 6.29. The number of hydrogen-bond acceptors (Lipinski definition) is 3. The van der Waals surface area contributed by atoms with Gasteiger partial charge in [-0.05, 0) is 38.5 Å². The van der Waals surface area contributed by atoms with E-state index in [4.69, 9.17) is 0 Å². The molecule has 1 aliphatic rings. The first-order valence-corrected chi connectivity index (χ1v) is 5.71. The maximum atomic E-state index is 13.5. The molecule has 5 nitrogen and oxygen atoms in total. The zero-order valence-electron chi connectivity index (χ0n) is 10.8. The van der Waals surface area contributed by atoms with Crippen LogP contribution < -0.4 is 10.2 Å². The molecule has 0 aromatic heterocycles. The van der Waals surface area contributed by atoms with E-state index in [2.05, 4.69) is 5.32 Å². The summed E-state index contributed by atoms with van der Waals surface area (Å²) in [5, 5.41) is 2.09. The minimum Gasteiger partial charge on any atom is -0.276 e. The number of imide groups is 2. The van der Waals surface area contributed by atoms with Crippen molar-refractivity contribution in [1.82, 2.24) is 5.32 Å². The normalized spacial score (nSPS) is 18.5. The van der Waals surface area contributed by atoms with Gasteiger partial charge in [-0.1, -0.05) is 6.07 Å². The van der Waals surface area contributed by atoms with Crippen molar-refractivity contribution in [3.8, 4) is 0 Å². The fourth-order valence-corrected chi connectivity index (χ4v) is 1.73. The van der Waals surface area contributed by atoms with Crippen molar-refractivity contribution in [2.45, 2.75) is 20.8 Å². The van der Waals surface area contributed by atoms with Crippen molar-refractivity contribution in [3.05, 3.63) is 29.6 Å². The van der Waals surface area contributed by atoms with Gasteiger partial charge in [-0.2, -0.15) is 0 Å². The molecule has 0 radical (unpaired) electrons. The molecule has 1 saturated heterocycles. The number of nitrogens with one attached hydrogen (secondary N) is 1. The van der Waals surface area contributed by atoms with Crippen LogP contribution in [0.3, 0.4) is 0 Å². The van der Waals surface area contributed by atoms with Crippen molar-refractivity contribution in [2.24, 2.45) is 5.41 Å². The summed E-state index contributed by atoms with van der Waals surface area (Å²) in [5.74, 6) is -1.86. The molecule has 1 aliphatic heterocycles. The largest absolute Gasteiger partial charge is 0.335 e.